The Morgan fingerprint density at radius 3 is 2.69 bits per heavy atom. The quantitative estimate of drug-likeness (QED) is 0.821. The molecule has 1 N–H and O–H groups in total. The Morgan fingerprint density at radius 2 is 2.12 bits per heavy atom. The summed E-state index contributed by atoms with van der Waals surface area (Å²) < 4.78 is 0. The van der Waals surface area contributed by atoms with Gasteiger partial charge in [-0.15, -0.1) is 0 Å². The van der Waals surface area contributed by atoms with Crippen molar-refractivity contribution in [1.29, 1.82) is 0 Å². The Labute approximate surface area is 106 Å². The molecule has 16 heavy (non-hydrogen) atoms. The van der Waals surface area contributed by atoms with Gasteiger partial charge in [-0.25, -0.2) is 0 Å². The van der Waals surface area contributed by atoms with Crippen LogP contribution in [0.1, 0.15) is 34.1 Å². The fraction of sp³-hybridized carbons (Fsp3) is 1.00. The molecule has 3 heteroatoms. The van der Waals surface area contributed by atoms with Crippen LogP contribution in [0.25, 0.3) is 0 Å². The maximum absolute atomic E-state index is 3.69. The maximum Gasteiger partial charge on any atom is 0.0243 e. The highest BCUT2D eigenvalue weighted by Crippen LogP contribution is 2.22. The van der Waals surface area contributed by atoms with Crippen LogP contribution in [0.3, 0.4) is 0 Å². The van der Waals surface area contributed by atoms with Crippen LogP contribution in [0.2, 0.25) is 0 Å². The summed E-state index contributed by atoms with van der Waals surface area (Å²) >= 11 is 1.97. The van der Waals surface area contributed by atoms with Gasteiger partial charge < -0.3 is 10.2 Å². The minimum atomic E-state index is 0.366. The van der Waals surface area contributed by atoms with Crippen LogP contribution in [-0.2, 0) is 0 Å². The highest BCUT2D eigenvalue weighted by Gasteiger charge is 2.28. The van der Waals surface area contributed by atoms with Crippen molar-refractivity contribution in [1.82, 2.24) is 10.2 Å². The van der Waals surface area contributed by atoms with Crippen molar-refractivity contribution in [3.05, 3.63) is 0 Å². The molecule has 2 atom stereocenters. The summed E-state index contributed by atoms with van der Waals surface area (Å²) in [4.78, 5) is 2.64. The lowest BCUT2D eigenvalue weighted by Crippen LogP contribution is -2.47. The van der Waals surface area contributed by atoms with E-state index in [2.05, 4.69) is 44.2 Å². The lowest BCUT2D eigenvalue weighted by atomic mass is 9.86. The van der Waals surface area contributed by atoms with Gasteiger partial charge in [0.25, 0.3) is 0 Å². The molecule has 1 aliphatic heterocycles. The van der Waals surface area contributed by atoms with Crippen molar-refractivity contribution in [3.63, 3.8) is 0 Å². The smallest absolute Gasteiger partial charge is 0.0243 e. The first kappa shape index (κ1) is 14.3. The van der Waals surface area contributed by atoms with Crippen LogP contribution < -0.4 is 5.32 Å². The number of hydrogen-bond acceptors (Lipinski definition) is 3. The van der Waals surface area contributed by atoms with E-state index in [9.17, 15) is 0 Å². The van der Waals surface area contributed by atoms with Crippen molar-refractivity contribution >= 4 is 11.8 Å². The molecule has 0 amide bonds. The Kier molecular flexibility index (Phi) is 5.62. The van der Waals surface area contributed by atoms with Crippen molar-refractivity contribution in [2.24, 2.45) is 5.41 Å². The molecule has 2 nitrogen and oxygen atoms in total. The van der Waals surface area contributed by atoms with Gasteiger partial charge in [-0.3, -0.25) is 0 Å². The van der Waals surface area contributed by atoms with E-state index < -0.39 is 0 Å². The van der Waals surface area contributed by atoms with E-state index in [1.165, 1.54) is 32.6 Å². The van der Waals surface area contributed by atoms with Crippen LogP contribution in [0, 0.1) is 5.41 Å². The topological polar surface area (TPSA) is 15.3 Å². The average molecular weight is 244 g/mol. The summed E-state index contributed by atoms with van der Waals surface area (Å²) in [6.45, 7) is 14.2. The van der Waals surface area contributed by atoms with Crippen molar-refractivity contribution in [3.8, 4) is 0 Å². The molecule has 0 aliphatic carbocycles. The van der Waals surface area contributed by atoms with E-state index in [1.807, 2.05) is 11.8 Å². The molecule has 0 spiro atoms. The second-order valence-corrected chi connectivity index (χ2v) is 7.31. The van der Waals surface area contributed by atoms with Gasteiger partial charge in [0, 0.05) is 24.4 Å². The Morgan fingerprint density at radius 1 is 1.44 bits per heavy atom. The van der Waals surface area contributed by atoms with Gasteiger partial charge in [0.05, 0.1) is 0 Å². The Hall–Kier alpha value is 0.270. The number of hydrogen-bond donors (Lipinski definition) is 1. The summed E-state index contributed by atoms with van der Waals surface area (Å²) in [5, 5.41) is 4.44. The lowest BCUT2D eigenvalue weighted by molar-refractivity contribution is 0.199. The van der Waals surface area contributed by atoms with E-state index in [-0.39, 0.29) is 0 Å². The van der Waals surface area contributed by atoms with Crippen LogP contribution in [-0.4, -0.2) is 48.6 Å². The first-order chi connectivity index (χ1) is 7.43. The third kappa shape index (κ3) is 4.64. The maximum atomic E-state index is 3.69. The predicted octanol–water partition coefficient (Wildman–Crippen LogP) is 2.45. The number of nitrogens with zero attached hydrogens (tertiary/aromatic N) is 1. The zero-order chi connectivity index (χ0) is 12.2. The molecule has 0 radical (unpaired) electrons. The number of thioether (sulfide) groups is 1. The number of nitrogens with one attached hydrogen (secondary N) is 1. The van der Waals surface area contributed by atoms with Gasteiger partial charge >= 0.3 is 0 Å². The molecule has 1 heterocycles. The summed E-state index contributed by atoms with van der Waals surface area (Å²) in [5.74, 6) is 0. The molecule has 1 fully saturated rings. The lowest BCUT2D eigenvalue weighted by Gasteiger charge is -2.34. The van der Waals surface area contributed by atoms with Crippen LogP contribution in [0.15, 0.2) is 0 Å². The molecule has 1 rings (SSSR count). The van der Waals surface area contributed by atoms with Crippen LogP contribution >= 0.6 is 11.8 Å². The average Bonchev–Trinajstić information content (AvgIpc) is 2.42. The monoisotopic (exact) mass is 244 g/mol. The number of rotatable bonds is 3. The van der Waals surface area contributed by atoms with Crippen LogP contribution in [0.5, 0.6) is 0 Å². The zero-order valence-electron chi connectivity index (χ0n) is 11.5. The van der Waals surface area contributed by atoms with E-state index in [1.54, 1.807) is 0 Å². The minimum Gasteiger partial charge on any atom is -0.312 e. The molecule has 1 aliphatic rings. The van der Waals surface area contributed by atoms with E-state index >= 15 is 0 Å². The molecule has 0 bridgehead atoms. The fourth-order valence-corrected chi connectivity index (χ4v) is 2.54. The van der Waals surface area contributed by atoms with Crippen LogP contribution in [0.4, 0.5) is 0 Å². The van der Waals surface area contributed by atoms with E-state index in [0.29, 0.717) is 11.5 Å². The largest absolute Gasteiger partial charge is 0.312 e. The van der Waals surface area contributed by atoms with Crippen molar-refractivity contribution in [2.45, 2.75) is 45.4 Å². The second kappa shape index (κ2) is 6.27. The molecule has 1 saturated heterocycles. The molecule has 96 valence electrons. The second-order valence-electron chi connectivity index (χ2n) is 6.03. The van der Waals surface area contributed by atoms with Gasteiger partial charge in [-0.2, -0.15) is 11.8 Å². The third-order valence-corrected chi connectivity index (χ3v) is 4.40. The normalized spacial score (nSPS) is 26.4. The highest BCUT2D eigenvalue weighted by molar-refractivity contribution is 7.99. The Balaban J connectivity index is 2.52. The van der Waals surface area contributed by atoms with Crippen molar-refractivity contribution < 1.29 is 0 Å². The van der Waals surface area contributed by atoms with Gasteiger partial charge in [0.2, 0.25) is 0 Å². The third-order valence-electron chi connectivity index (χ3n) is 3.45. The van der Waals surface area contributed by atoms with Gasteiger partial charge in [-0.1, -0.05) is 27.7 Å². The summed E-state index contributed by atoms with van der Waals surface area (Å²) in [6.07, 6.45) is 3.50. The standard InChI is InChI=1S/C13H28N2S/c1-11(16-5)9-15-8-6-7-14-12(10-15)13(2,3)4/h11-12,14H,6-10H2,1-5H3. The molecular formula is C13H28N2S. The minimum absolute atomic E-state index is 0.366. The highest BCUT2D eigenvalue weighted by atomic mass is 32.2. The van der Waals surface area contributed by atoms with Gasteiger partial charge in [-0.05, 0) is 31.2 Å². The van der Waals surface area contributed by atoms with E-state index in [4.69, 9.17) is 0 Å². The fourth-order valence-electron chi connectivity index (χ4n) is 2.18. The molecule has 0 aromatic rings. The van der Waals surface area contributed by atoms with Gasteiger partial charge in [0.1, 0.15) is 0 Å². The first-order valence-electron chi connectivity index (χ1n) is 6.42. The zero-order valence-corrected chi connectivity index (χ0v) is 12.4. The molecule has 2 unspecified atom stereocenters. The summed E-state index contributed by atoms with van der Waals surface area (Å²) in [5.41, 5.74) is 0.366. The summed E-state index contributed by atoms with van der Waals surface area (Å²) in [6, 6.07) is 0.629. The molecule has 0 saturated carbocycles. The van der Waals surface area contributed by atoms with Crippen molar-refractivity contribution in [2.75, 3.05) is 32.4 Å². The molecule has 0 aromatic carbocycles. The SMILES string of the molecule is CSC(C)CN1CCCNC(C(C)(C)C)C1. The summed E-state index contributed by atoms with van der Waals surface area (Å²) in [7, 11) is 0. The Bertz CT molecular complexity index is 201. The van der Waals surface area contributed by atoms with E-state index in [0.717, 1.165) is 5.25 Å². The molecule has 0 aromatic heterocycles. The molecular weight excluding hydrogens is 216 g/mol. The van der Waals surface area contributed by atoms with Gasteiger partial charge in [0.15, 0.2) is 0 Å². The first-order valence-corrected chi connectivity index (χ1v) is 7.71. The predicted molar refractivity (Wildman–Crippen MR) is 75.3 cm³/mol.